The molecule has 1 aliphatic carbocycles. The normalized spacial score (nSPS) is 24.2. The van der Waals surface area contributed by atoms with Gasteiger partial charge in [-0.25, -0.2) is 0 Å². The molecule has 3 rings (SSSR count). The van der Waals surface area contributed by atoms with E-state index in [2.05, 4.69) is 28.2 Å². The Hall–Kier alpha value is -0.850. The Morgan fingerprint density at radius 2 is 1.77 bits per heavy atom. The second kappa shape index (κ2) is 11.1. The van der Waals surface area contributed by atoms with Crippen LogP contribution in [0.25, 0.3) is 0 Å². The SMILES string of the molecule is CN1CCN(Cc2cccc(C(=O)NC3CCC(N)CC3)c2)CC1.Cl.Cl. The van der Waals surface area contributed by atoms with E-state index in [1.165, 1.54) is 5.56 Å². The van der Waals surface area contributed by atoms with Gasteiger partial charge in [0.15, 0.2) is 0 Å². The third-order valence-corrected chi connectivity index (χ3v) is 5.30. The van der Waals surface area contributed by atoms with E-state index >= 15 is 0 Å². The van der Waals surface area contributed by atoms with Gasteiger partial charge in [-0.05, 0) is 50.4 Å². The Morgan fingerprint density at radius 1 is 1.12 bits per heavy atom. The van der Waals surface area contributed by atoms with Gasteiger partial charge in [0.1, 0.15) is 0 Å². The van der Waals surface area contributed by atoms with E-state index in [0.29, 0.717) is 6.04 Å². The van der Waals surface area contributed by atoms with Crippen LogP contribution in [-0.4, -0.2) is 61.0 Å². The lowest BCUT2D eigenvalue weighted by atomic mass is 9.91. The molecule has 2 aliphatic rings. The molecule has 1 saturated carbocycles. The summed E-state index contributed by atoms with van der Waals surface area (Å²) in [6.45, 7) is 5.34. The number of benzene rings is 1. The molecule has 0 aromatic heterocycles. The first kappa shape index (κ1) is 23.2. The number of carbonyl (C=O) groups is 1. The number of nitrogens with one attached hydrogen (secondary N) is 1. The minimum Gasteiger partial charge on any atom is -0.349 e. The number of amides is 1. The number of hydrogen-bond donors (Lipinski definition) is 2. The molecule has 5 nitrogen and oxygen atoms in total. The van der Waals surface area contributed by atoms with Gasteiger partial charge >= 0.3 is 0 Å². The van der Waals surface area contributed by atoms with E-state index in [0.717, 1.165) is 64.0 Å². The Bertz CT molecular complexity index is 556. The van der Waals surface area contributed by atoms with Crippen molar-refractivity contribution >= 4 is 30.7 Å². The summed E-state index contributed by atoms with van der Waals surface area (Å²) in [5.74, 6) is 0.0516. The summed E-state index contributed by atoms with van der Waals surface area (Å²) in [4.78, 5) is 17.3. The molecule has 0 unspecified atom stereocenters. The summed E-state index contributed by atoms with van der Waals surface area (Å²) in [7, 11) is 2.17. The van der Waals surface area contributed by atoms with Crippen molar-refractivity contribution in [2.24, 2.45) is 5.73 Å². The molecule has 1 aliphatic heterocycles. The summed E-state index contributed by atoms with van der Waals surface area (Å²) in [5.41, 5.74) is 7.93. The van der Waals surface area contributed by atoms with Gasteiger partial charge in [-0.3, -0.25) is 9.69 Å². The highest BCUT2D eigenvalue weighted by molar-refractivity contribution is 5.94. The molecule has 1 amide bonds. The molecule has 1 saturated heterocycles. The van der Waals surface area contributed by atoms with Crippen molar-refractivity contribution in [1.29, 1.82) is 0 Å². The maximum Gasteiger partial charge on any atom is 0.251 e. The largest absolute Gasteiger partial charge is 0.349 e. The molecule has 2 fully saturated rings. The number of nitrogens with two attached hydrogens (primary N) is 1. The number of hydrogen-bond acceptors (Lipinski definition) is 4. The molecule has 1 aromatic rings. The van der Waals surface area contributed by atoms with E-state index in [9.17, 15) is 4.79 Å². The lowest BCUT2D eigenvalue weighted by Gasteiger charge is -2.32. The second-order valence-corrected chi connectivity index (χ2v) is 7.36. The van der Waals surface area contributed by atoms with Gasteiger partial charge in [0, 0.05) is 50.4 Å². The molecule has 0 spiro atoms. The van der Waals surface area contributed by atoms with Crippen molar-refractivity contribution in [3.05, 3.63) is 35.4 Å². The zero-order valence-electron chi connectivity index (χ0n) is 15.5. The fraction of sp³-hybridized carbons (Fsp3) is 0.632. The van der Waals surface area contributed by atoms with Crippen molar-refractivity contribution in [1.82, 2.24) is 15.1 Å². The van der Waals surface area contributed by atoms with Crippen molar-refractivity contribution in [2.45, 2.75) is 44.3 Å². The highest BCUT2D eigenvalue weighted by Gasteiger charge is 2.21. The highest BCUT2D eigenvalue weighted by Crippen LogP contribution is 2.18. The van der Waals surface area contributed by atoms with Gasteiger partial charge in [0.05, 0.1) is 0 Å². The van der Waals surface area contributed by atoms with Crippen molar-refractivity contribution < 1.29 is 4.79 Å². The van der Waals surface area contributed by atoms with Gasteiger partial charge in [-0.2, -0.15) is 0 Å². The van der Waals surface area contributed by atoms with Crippen LogP contribution in [0, 0.1) is 0 Å². The van der Waals surface area contributed by atoms with Crippen LogP contribution in [0.3, 0.4) is 0 Å². The van der Waals surface area contributed by atoms with Crippen LogP contribution < -0.4 is 11.1 Å². The summed E-state index contributed by atoms with van der Waals surface area (Å²) < 4.78 is 0. The summed E-state index contributed by atoms with van der Waals surface area (Å²) >= 11 is 0. The number of piperazine rings is 1. The number of nitrogens with zero attached hydrogens (tertiary/aromatic N) is 2. The minimum absolute atomic E-state index is 0. The zero-order valence-corrected chi connectivity index (χ0v) is 17.2. The zero-order chi connectivity index (χ0) is 16.9. The van der Waals surface area contributed by atoms with Gasteiger partial charge in [-0.15, -0.1) is 24.8 Å². The molecule has 148 valence electrons. The highest BCUT2D eigenvalue weighted by atomic mass is 35.5. The maximum atomic E-state index is 12.5. The first-order valence-corrected chi connectivity index (χ1v) is 9.16. The molecular weight excluding hydrogens is 371 g/mol. The van der Waals surface area contributed by atoms with Crippen LogP contribution in [-0.2, 0) is 6.54 Å². The summed E-state index contributed by atoms with van der Waals surface area (Å²) in [5, 5.41) is 3.18. The number of carbonyl (C=O) groups excluding carboxylic acids is 1. The Balaban J connectivity index is 0.00000169. The smallest absolute Gasteiger partial charge is 0.251 e. The monoisotopic (exact) mass is 402 g/mol. The quantitative estimate of drug-likeness (QED) is 0.810. The second-order valence-electron chi connectivity index (χ2n) is 7.36. The molecule has 0 bridgehead atoms. The van der Waals surface area contributed by atoms with Crippen molar-refractivity contribution in [3.8, 4) is 0 Å². The predicted octanol–water partition coefficient (Wildman–Crippen LogP) is 2.28. The van der Waals surface area contributed by atoms with E-state index in [-0.39, 0.29) is 36.8 Å². The van der Waals surface area contributed by atoms with Gasteiger partial charge in [-0.1, -0.05) is 12.1 Å². The number of halogens is 2. The van der Waals surface area contributed by atoms with E-state index in [1.807, 2.05) is 18.2 Å². The number of rotatable bonds is 4. The van der Waals surface area contributed by atoms with E-state index in [1.54, 1.807) is 0 Å². The van der Waals surface area contributed by atoms with Gasteiger partial charge in [0.25, 0.3) is 5.91 Å². The molecule has 26 heavy (non-hydrogen) atoms. The average molecular weight is 403 g/mol. The topological polar surface area (TPSA) is 61.6 Å². The molecule has 3 N–H and O–H groups in total. The summed E-state index contributed by atoms with van der Waals surface area (Å²) in [6, 6.07) is 8.66. The standard InChI is InChI=1S/C19H30N4O.2ClH/c1-22-9-11-23(12-10-22)14-15-3-2-4-16(13-15)19(24)21-18-7-5-17(20)6-8-18;;/h2-4,13,17-18H,5-12,14,20H2,1H3,(H,21,24);2*1H. The van der Waals surface area contributed by atoms with Gasteiger partial charge in [0.2, 0.25) is 0 Å². The van der Waals surface area contributed by atoms with Crippen LogP contribution >= 0.6 is 24.8 Å². The van der Waals surface area contributed by atoms with Crippen molar-refractivity contribution in [2.75, 3.05) is 33.2 Å². The maximum absolute atomic E-state index is 12.5. The average Bonchev–Trinajstić information content (AvgIpc) is 2.59. The first-order chi connectivity index (χ1) is 11.6. The predicted molar refractivity (Wildman–Crippen MR) is 111 cm³/mol. The Labute approximate surface area is 169 Å². The lowest BCUT2D eigenvalue weighted by Crippen LogP contribution is -2.43. The van der Waals surface area contributed by atoms with E-state index in [4.69, 9.17) is 5.73 Å². The Kier molecular flexibility index (Phi) is 9.90. The molecule has 0 atom stereocenters. The van der Waals surface area contributed by atoms with Crippen LogP contribution in [0.2, 0.25) is 0 Å². The third-order valence-electron chi connectivity index (χ3n) is 5.30. The number of likely N-dealkylation sites (N-methyl/N-ethyl adjacent to an activating group) is 1. The summed E-state index contributed by atoms with van der Waals surface area (Å²) in [6.07, 6.45) is 4.00. The fourth-order valence-corrected chi connectivity index (χ4v) is 3.61. The van der Waals surface area contributed by atoms with Crippen LogP contribution in [0.1, 0.15) is 41.6 Å². The fourth-order valence-electron chi connectivity index (χ4n) is 3.61. The lowest BCUT2D eigenvalue weighted by molar-refractivity contribution is 0.0925. The molecule has 7 heteroatoms. The van der Waals surface area contributed by atoms with Crippen LogP contribution in [0.15, 0.2) is 24.3 Å². The van der Waals surface area contributed by atoms with Crippen LogP contribution in [0.5, 0.6) is 0 Å². The van der Waals surface area contributed by atoms with Gasteiger partial charge < -0.3 is 16.0 Å². The van der Waals surface area contributed by atoms with E-state index < -0.39 is 0 Å². The van der Waals surface area contributed by atoms with Crippen molar-refractivity contribution in [3.63, 3.8) is 0 Å². The Morgan fingerprint density at radius 3 is 2.42 bits per heavy atom. The minimum atomic E-state index is 0. The molecule has 0 radical (unpaired) electrons. The van der Waals surface area contributed by atoms with Crippen LogP contribution in [0.4, 0.5) is 0 Å². The first-order valence-electron chi connectivity index (χ1n) is 9.16. The molecular formula is C19H32Cl2N4O. The molecule has 1 aromatic carbocycles. The third kappa shape index (κ3) is 6.71. The molecule has 1 heterocycles.